The molecule has 0 saturated carbocycles. The van der Waals surface area contributed by atoms with Crippen molar-refractivity contribution in [2.75, 3.05) is 12.3 Å². The van der Waals surface area contributed by atoms with Crippen molar-refractivity contribution in [1.29, 1.82) is 5.26 Å². The van der Waals surface area contributed by atoms with Gasteiger partial charge < -0.3 is 5.73 Å². The van der Waals surface area contributed by atoms with Crippen LogP contribution in [0.5, 0.6) is 0 Å². The Morgan fingerprint density at radius 1 is 1.44 bits per heavy atom. The summed E-state index contributed by atoms with van der Waals surface area (Å²) in [6, 6.07) is 10.2. The van der Waals surface area contributed by atoms with Crippen molar-refractivity contribution >= 4 is 5.69 Å². The molecule has 0 amide bonds. The third kappa shape index (κ3) is 3.25. The van der Waals surface area contributed by atoms with E-state index >= 15 is 0 Å². The van der Waals surface area contributed by atoms with Crippen molar-refractivity contribution in [3.05, 3.63) is 29.8 Å². The molecule has 2 N–H and O–H groups in total. The number of nitriles is 1. The Morgan fingerprint density at radius 2 is 2.19 bits per heavy atom. The van der Waals surface area contributed by atoms with E-state index in [2.05, 4.69) is 17.9 Å². The van der Waals surface area contributed by atoms with Crippen LogP contribution < -0.4 is 5.73 Å². The van der Waals surface area contributed by atoms with E-state index in [4.69, 9.17) is 11.0 Å². The highest BCUT2D eigenvalue weighted by Crippen LogP contribution is 2.12. The van der Waals surface area contributed by atoms with Crippen LogP contribution in [0.3, 0.4) is 0 Å². The first kappa shape index (κ1) is 12.5. The number of benzene rings is 1. The first-order chi connectivity index (χ1) is 7.71. The van der Waals surface area contributed by atoms with Gasteiger partial charge in [0.2, 0.25) is 0 Å². The maximum atomic E-state index is 9.04. The average molecular weight is 217 g/mol. The second kappa shape index (κ2) is 6.14. The Balaban J connectivity index is 2.74. The fraction of sp³-hybridized carbons (Fsp3) is 0.462. The second-order valence-corrected chi connectivity index (χ2v) is 3.86. The topological polar surface area (TPSA) is 53.0 Å². The monoisotopic (exact) mass is 217 g/mol. The molecule has 1 aromatic rings. The lowest BCUT2D eigenvalue weighted by Crippen LogP contribution is -2.33. The Bertz CT molecular complexity index is 368. The highest BCUT2D eigenvalue weighted by molar-refractivity contribution is 5.40. The van der Waals surface area contributed by atoms with Gasteiger partial charge in [0, 0.05) is 12.2 Å². The third-order valence-corrected chi connectivity index (χ3v) is 2.72. The zero-order valence-corrected chi connectivity index (χ0v) is 9.98. The molecule has 0 spiro atoms. The predicted octanol–water partition coefficient (Wildman–Crippen LogP) is 2.39. The molecule has 0 saturated heterocycles. The van der Waals surface area contributed by atoms with Crippen LogP contribution in [0, 0.1) is 11.3 Å². The van der Waals surface area contributed by atoms with Gasteiger partial charge >= 0.3 is 0 Å². The fourth-order valence-electron chi connectivity index (χ4n) is 1.80. The molecule has 0 aromatic heterocycles. The lowest BCUT2D eigenvalue weighted by molar-refractivity contribution is 0.232. The van der Waals surface area contributed by atoms with E-state index in [1.54, 1.807) is 0 Å². The minimum Gasteiger partial charge on any atom is -0.399 e. The highest BCUT2D eigenvalue weighted by Gasteiger charge is 2.14. The molecule has 3 nitrogen and oxygen atoms in total. The van der Waals surface area contributed by atoms with Crippen LogP contribution in [0.2, 0.25) is 0 Å². The summed E-state index contributed by atoms with van der Waals surface area (Å²) in [4.78, 5) is 2.16. The quantitative estimate of drug-likeness (QED) is 0.770. The Labute approximate surface area is 97.5 Å². The van der Waals surface area contributed by atoms with E-state index in [0.717, 1.165) is 30.8 Å². The SMILES string of the molecule is CCC(C#N)N(CC)Cc1cccc(N)c1. The number of nitrogens with zero attached hydrogens (tertiary/aromatic N) is 2. The molecule has 1 unspecified atom stereocenters. The van der Waals surface area contributed by atoms with E-state index < -0.39 is 0 Å². The lowest BCUT2D eigenvalue weighted by Gasteiger charge is -2.24. The Kier molecular flexibility index (Phi) is 4.81. The first-order valence-corrected chi connectivity index (χ1v) is 5.69. The van der Waals surface area contributed by atoms with Crippen LogP contribution >= 0.6 is 0 Å². The van der Waals surface area contributed by atoms with Crippen molar-refractivity contribution in [2.45, 2.75) is 32.9 Å². The molecule has 0 aliphatic heterocycles. The predicted molar refractivity (Wildman–Crippen MR) is 66.6 cm³/mol. The van der Waals surface area contributed by atoms with Crippen LogP contribution in [0.4, 0.5) is 5.69 Å². The van der Waals surface area contributed by atoms with Crippen molar-refractivity contribution in [2.24, 2.45) is 0 Å². The summed E-state index contributed by atoms with van der Waals surface area (Å²) in [6.45, 7) is 5.77. The minimum absolute atomic E-state index is 0.00793. The van der Waals surface area contributed by atoms with Gasteiger partial charge in [-0.1, -0.05) is 26.0 Å². The van der Waals surface area contributed by atoms with Crippen molar-refractivity contribution in [3.8, 4) is 6.07 Å². The Morgan fingerprint density at radius 3 is 2.69 bits per heavy atom. The normalized spacial score (nSPS) is 12.4. The summed E-state index contributed by atoms with van der Waals surface area (Å²) in [6.07, 6.45) is 0.854. The van der Waals surface area contributed by atoms with Crippen LogP contribution in [0.25, 0.3) is 0 Å². The molecule has 0 radical (unpaired) electrons. The van der Waals surface area contributed by atoms with E-state index in [-0.39, 0.29) is 6.04 Å². The van der Waals surface area contributed by atoms with E-state index in [9.17, 15) is 0 Å². The van der Waals surface area contributed by atoms with Gasteiger partial charge in [-0.2, -0.15) is 5.26 Å². The second-order valence-electron chi connectivity index (χ2n) is 3.86. The summed E-state index contributed by atoms with van der Waals surface area (Å²) in [5.41, 5.74) is 7.67. The number of anilines is 1. The van der Waals surface area contributed by atoms with E-state index in [1.807, 2.05) is 31.2 Å². The lowest BCUT2D eigenvalue weighted by atomic mass is 10.1. The van der Waals surface area contributed by atoms with Crippen LogP contribution in [-0.4, -0.2) is 17.5 Å². The maximum absolute atomic E-state index is 9.04. The zero-order valence-electron chi connectivity index (χ0n) is 9.98. The first-order valence-electron chi connectivity index (χ1n) is 5.69. The van der Waals surface area contributed by atoms with Crippen LogP contribution in [0.15, 0.2) is 24.3 Å². The molecule has 1 rings (SSSR count). The molecule has 0 aliphatic carbocycles. The molecular weight excluding hydrogens is 198 g/mol. The van der Waals surface area contributed by atoms with Gasteiger partial charge in [0.05, 0.1) is 12.1 Å². The molecule has 16 heavy (non-hydrogen) atoms. The summed E-state index contributed by atoms with van der Waals surface area (Å²) in [5, 5.41) is 9.04. The van der Waals surface area contributed by atoms with E-state index in [0.29, 0.717) is 0 Å². The van der Waals surface area contributed by atoms with Crippen LogP contribution in [0.1, 0.15) is 25.8 Å². The summed E-state index contributed by atoms with van der Waals surface area (Å²) >= 11 is 0. The molecule has 86 valence electrons. The van der Waals surface area contributed by atoms with Gasteiger partial charge in [-0.3, -0.25) is 4.90 Å². The molecule has 0 bridgehead atoms. The summed E-state index contributed by atoms with van der Waals surface area (Å²) < 4.78 is 0. The number of hydrogen-bond donors (Lipinski definition) is 1. The highest BCUT2D eigenvalue weighted by atomic mass is 15.1. The molecular formula is C13H19N3. The largest absolute Gasteiger partial charge is 0.399 e. The third-order valence-electron chi connectivity index (χ3n) is 2.72. The molecule has 0 aliphatic rings. The smallest absolute Gasteiger partial charge is 0.0978 e. The summed E-state index contributed by atoms with van der Waals surface area (Å²) in [7, 11) is 0. The van der Waals surface area contributed by atoms with Gasteiger partial charge in [-0.05, 0) is 30.7 Å². The molecule has 1 atom stereocenters. The number of rotatable bonds is 5. The number of nitrogens with two attached hydrogens (primary N) is 1. The molecule has 0 fully saturated rings. The Hall–Kier alpha value is -1.53. The molecule has 3 heteroatoms. The van der Waals surface area contributed by atoms with Crippen LogP contribution in [-0.2, 0) is 6.54 Å². The van der Waals surface area contributed by atoms with Gasteiger partial charge in [-0.25, -0.2) is 0 Å². The molecule has 0 heterocycles. The van der Waals surface area contributed by atoms with Crippen molar-refractivity contribution in [3.63, 3.8) is 0 Å². The van der Waals surface area contributed by atoms with Gasteiger partial charge in [0.1, 0.15) is 0 Å². The standard InChI is InChI=1S/C13H19N3/c1-3-13(9-14)16(4-2)10-11-6-5-7-12(15)8-11/h5-8,13H,3-4,10,15H2,1-2H3. The zero-order chi connectivity index (χ0) is 12.0. The average Bonchev–Trinajstić information content (AvgIpc) is 2.29. The van der Waals surface area contributed by atoms with Gasteiger partial charge in [-0.15, -0.1) is 0 Å². The number of hydrogen-bond acceptors (Lipinski definition) is 3. The minimum atomic E-state index is -0.00793. The summed E-state index contributed by atoms with van der Waals surface area (Å²) in [5.74, 6) is 0. The molecule has 1 aromatic carbocycles. The van der Waals surface area contributed by atoms with E-state index in [1.165, 1.54) is 0 Å². The van der Waals surface area contributed by atoms with Crippen molar-refractivity contribution in [1.82, 2.24) is 4.90 Å². The number of nitrogen functional groups attached to an aromatic ring is 1. The maximum Gasteiger partial charge on any atom is 0.0978 e. The fourth-order valence-corrected chi connectivity index (χ4v) is 1.80. The van der Waals surface area contributed by atoms with Gasteiger partial charge in [0.15, 0.2) is 0 Å². The van der Waals surface area contributed by atoms with Crippen molar-refractivity contribution < 1.29 is 0 Å². The van der Waals surface area contributed by atoms with Gasteiger partial charge in [0.25, 0.3) is 0 Å².